The Hall–Kier alpha value is -1.84. The standard InChI is InChI=1S/C16H23NO3/c1-13(8-6-7-11-16(19)20-2)12-15(18)17-14-9-4-3-5-10-14/h3-5,9-10,13H,6-8,11-12H2,1-2H3,(H,17,18). The highest BCUT2D eigenvalue weighted by Crippen LogP contribution is 2.15. The van der Waals surface area contributed by atoms with Gasteiger partial charge in [-0.05, 0) is 24.5 Å². The summed E-state index contributed by atoms with van der Waals surface area (Å²) in [4.78, 5) is 22.8. The molecule has 1 N–H and O–H groups in total. The van der Waals surface area contributed by atoms with Crippen molar-refractivity contribution >= 4 is 17.6 Å². The minimum atomic E-state index is -0.167. The molecule has 0 fully saturated rings. The molecule has 20 heavy (non-hydrogen) atoms. The molecular weight excluding hydrogens is 254 g/mol. The predicted octanol–water partition coefficient (Wildman–Crippen LogP) is 3.38. The number of benzene rings is 1. The monoisotopic (exact) mass is 277 g/mol. The smallest absolute Gasteiger partial charge is 0.305 e. The van der Waals surface area contributed by atoms with Crippen LogP contribution in [0.2, 0.25) is 0 Å². The van der Waals surface area contributed by atoms with Crippen LogP contribution in [0.1, 0.15) is 39.0 Å². The summed E-state index contributed by atoms with van der Waals surface area (Å²) in [7, 11) is 1.40. The second-order valence-electron chi connectivity index (χ2n) is 5.05. The van der Waals surface area contributed by atoms with Crippen LogP contribution in [0.25, 0.3) is 0 Å². The second-order valence-corrected chi connectivity index (χ2v) is 5.05. The van der Waals surface area contributed by atoms with E-state index in [1.165, 1.54) is 7.11 Å². The molecule has 1 atom stereocenters. The number of ether oxygens (including phenoxy) is 1. The Morgan fingerprint density at radius 1 is 1.20 bits per heavy atom. The third-order valence-electron chi connectivity index (χ3n) is 3.15. The summed E-state index contributed by atoms with van der Waals surface area (Å²) in [5.41, 5.74) is 0.829. The minimum Gasteiger partial charge on any atom is -0.469 e. The first-order valence-electron chi connectivity index (χ1n) is 7.03. The van der Waals surface area contributed by atoms with Crippen molar-refractivity contribution in [2.45, 2.75) is 39.0 Å². The largest absolute Gasteiger partial charge is 0.469 e. The maximum Gasteiger partial charge on any atom is 0.305 e. The van der Waals surface area contributed by atoms with Gasteiger partial charge in [-0.3, -0.25) is 9.59 Å². The molecule has 4 nitrogen and oxygen atoms in total. The lowest BCUT2D eigenvalue weighted by Gasteiger charge is -2.11. The van der Waals surface area contributed by atoms with E-state index in [4.69, 9.17) is 0 Å². The molecule has 0 saturated carbocycles. The molecule has 0 aliphatic carbocycles. The summed E-state index contributed by atoms with van der Waals surface area (Å²) < 4.78 is 4.59. The number of nitrogens with one attached hydrogen (secondary N) is 1. The van der Waals surface area contributed by atoms with Gasteiger partial charge in [0.2, 0.25) is 5.91 Å². The van der Waals surface area contributed by atoms with Gasteiger partial charge in [0.05, 0.1) is 7.11 Å². The van der Waals surface area contributed by atoms with Crippen molar-refractivity contribution in [3.05, 3.63) is 30.3 Å². The molecule has 0 saturated heterocycles. The molecule has 1 aromatic rings. The lowest BCUT2D eigenvalue weighted by atomic mass is 9.99. The lowest BCUT2D eigenvalue weighted by Crippen LogP contribution is -2.15. The van der Waals surface area contributed by atoms with Crippen molar-refractivity contribution in [2.24, 2.45) is 5.92 Å². The van der Waals surface area contributed by atoms with E-state index in [2.05, 4.69) is 17.0 Å². The number of anilines is 1. The average molecular weight is 277 g/mol. The normalized spacial score (nSPS) is 11.7. The molecule has 1 unspecified atom stereocenters. The predicted molar refractivity (Wildman–Crippen MR) is 79.3 cm³/mol. The van der Waals surface area contributed by atoms with Gasteiger partial charge in [-0.2, -0.15) is 0 Å². The van der Waals surface area contributed by atoms with Gasteiger partial charge in [0.25, 0.3) is 0 Å². The van der Waals surface area contributed by atoms with Crippen molar-refractivity contribution < 1.29 is 14.3 Å². The number of esters is 1. The first kappa shape index (κ1) is 16.2. The molecule has 4 heteroatoms. The molecular formula is C16H23NO3. The highest BCUT2D eigenvalue weighted by Gasteiger charge is 2.09. The zero-order valence-electron chi connectivity index (χ0n) is 12.2. The van der Waals surface area contributed by atoms with Gasteiger partial charge in [0, 0.05) is 18.5 Å². The van der Waals surface area contributed by atoms with Gasteiger partial charge < -0.3 is 10.1 Å². The van der Waals surface area contributed by atoms with E-state index < -0.39 is 0 Å². The quantitative estimate of drug-likeness (QED) is 0.585. The van der Waals surface area contributed by atoms with Gasteiger partial charge >= 0.3 is 5.97 Å². The summed E-state index contributed by atoms with van der Waals surface area (Å²) >= 11 is 0. The van der Waals surface area contributed by atoms with E-state index in [1.54, 1.807) is 0 Å². The van der Waals surface area contributed by atoms with Crippen molar-refractivity contribution in [3.63, 3.8) is 0 Å². The Labute approximate surface area is 120 Å². The molecule has 1 rings (SSSR count). The molecule has 0 heterocycles. The summed E-state index contributed by atoms with van der Waals surface area (Å²) in [5, 5.41) is 2.88. The van der Waals surface area contributed by atoms with Gasteiger partial charge in [0.15, 0.2) is 0 Å². The van der Waals surface area contributed by atoms with Crippen LogP contribution in [-0.4, -0.2) is 19.0 Å². The fourth-order valence-corrected chi connectivity index (χ4v) is 2.02. The highest BCUT2D eigenvalue weighted by atomic mass is 16.5. The summed E-state index contributed by atoms with van der Waals surface area (Å²) in [6, 6.07) is 9.45. The zero-order chi connectivity index (χ0) is 14.8. The Morgan fingerprint density at radius 3 is 2.55 bits per heavy atom. The van der Waals surface area contributed by atoms with Crippen molar-refractivity contribution in [3.8, 4) is 0 Å². The summed E-state index contributed by atoms with van der Waals surface area (Å²) in [5.74, 6) is 0.188. The van der Waals surface area contributed by atoms with E-state index in [1.807, 2.05) is 30.3 Å². The number of amides is 1. The van der Waals surface area contributed by atoms with E-state index in [0.29, 0.717) is 18.8 Å². The Balaban J connectivity index is 2.17. The van der Waals surface area contributed by atoms with Gasteiger partial charge in [0.1, 0.15) is 0 Å². The third-order valence-corrected chi connectivity index (χ3v) is 3.15. The van der Waals surface area contributed by atoms with Gasteiger partial charge in [-0.15, -0.1) is 0 Å². The number of unbranched alkanes of at least 4 members (excludes halogenated alkanes) is 1. The molecule has 0 bridgehead atoms. The fraction of sp³-hybridized carbons (Fsp3) is 0.500. The molecule has 1 amide bonds. The number of rotatable bonds is 8. The Kier molecular flexibility index (Phi) is 7.40. The number of carbonyl (C=O) groups is 2. The average Bonchev–Trinajstić information content (AvgIpc) is 2.44. The van der Waals surface area contributed by atoms with Crippen LogP contribution >= 0.6 is 0 Å². The summed E-state index contributed by atoms with van der Waals surface area (Å²) in [6.45, 7) is 2.06. The number of para-hydroxylation sites is 1. The van der Waals surface area contributed by atoms with Crippen LogP contribution in [0.5, 0.6) is 0 Å². The fourth-order valence-electron chi connectivity index (χ4n) is 2.02. The number of methoxy groups -OCH3 is 1. The van der Waals surface area contributed by atoms with Crippen LogP contribution in [0, 0.1) is 5.92 Å². The maximum absolute atomic E-state index is 11.8. The van der Waals surface area contributed by atoms with Crippen LogP contribution < -0.4 is 5.32 Å². The summed E-state index contributed by atoms with van der Waals surface area (Å²) in [6.07, 6.45) is 3.66. The minimum absolute atomic E-state index is 0.0386. The zero-order valence-corrected chi connectivity index (χ0v) is 12.2. The van der Waals surface area contributed by atoms with Crippen molar-refractivity contribution in [1.82, 2.24) is 0 Å². The second kappa shape index (κ2) is 9.13. The molecule has 0 aliphatic rings. The molecule has 110 valence electrons. The number of hydrogen-bond acceptors (Lipinski definition) is 3. The van der Waals surface area contributed by atoms with Gasteiger partial charge in [-0.1, -0.05) is 38.0 Å². The molecule has 1 aromatic carbocycles. The Bertz CT molecular complexity index is 417. The topological polar surface area (TPSA) is 55.4 Å². The lowest BCUT2D eigenvalue weighted by molar-refractivity contribution is -0.140. The van der Waals surface area contributed by atoms with E-state index >= 15 is 0 Å². The Morgan fingerprint density at radius 2 is 1.90 bits per heavy atom. The van der Waals surface area contributed by atoms with Crippen LogP contribution in [0.15, 0.2) is 30.3 Å². The first-order chi connectivity index (χ1) is 9.61. The number of carbonyl (C=O) groups excluding carboxylic acids is 2. The molecule has 0 aliphatic heterocycles. The molecule has 0 radical (unpaired) electrons. The van der Waals surface area contributed by atoms with Crippen molar-refractivity contribution in [1.29, 1.82) is 0 Å². The van der Waals surface area contributed by atoms with Gasteiger partial charge in [-0.25, -0.2) is 0 Å². The van der Waals surface area contributed by atoms with Crippen molar-refractivity contribution in [2.75, 3.05) is 12.4 Å². The van der Waals surface area contributed by atoms with E-state index in [9.17, 15) is 9.59 Å². The first-order valence-corrected chi connectivity index (χ1v) is 7.03. The van der Waals surface area contributed by atoms with E-state index in [-0.39, 0.29) is 11.9 Å². The number of hydrogen-bond donors (Lipinski definition) is 1. The highest BCUT2D eigenvalue weighted by molar-refractivity contribution is 5.90. The van der Waals surface area contributed by atoms with E-state index in [0.717, 1.165) is 24.9 Å². The maximum atomic E-state index is 11.8. The molecule has 0 aromatic heterocycles. The molecule has 0 spiro atoms. The SMILES string of the molecule is COC(=O)CCCCC(C)CC(=O)Nc1ccccc1. The van der Waals surface area contributed by atoms with Crippen LogP contribution in [0.3, 0.4) is 0 Å². The third kappa shape index (κ3) is 6.92. The van der Waals surface area contributed by atoms with Crippen LogP contribution in [0.4, 0.5) is 5.69 Å². The van der Waals surface area contributed by atoms with Crippen LogP contribution in [-0.2, 0) is 14.3 Å².